The van der Waals surface area contributed by atoms with Crippen LogP contribution in [0.5, 0.6) is 0 Å². The Morgan fingerprint density at radius 1 is 0.410 bits per heavy atom. The van der Waals surface area contributed by atoms with Crippen molar-refractivity contribution in [3.05, 3.63) is 223 Å². The Kier molecular flexibility index (Phi) is 9.99. The van der Waals surface area contributed by atoms with E-state index >= 15 is 0 Å². The van der Waals surface area contributed by atoms with E-state index in [0.29, 0.717) is 0 Å². The van der Waals surface area contributed by atoms with Gasteiger partial charge in [-0.2, -0.15) is 0 Å². The molecule has 0 saturated heterocycles. The lowest BCUT2D eigenvalue weighted by atomic mass is 9.48. The van der Waals surface area contributed by atoms with Gasteiger partial charge in [-0.1, -0.05) is 202 Å². The highest BCUT2D eigenvalue weighted by Gasteiger charge is 2.48. The van der Waals surface area contributed by atoms with Gasteiger partial charge in [0.1, 0.15) is 4.83 Å². The van der Waals surface area contributed by atoms with Crippen LogP contribution in [0, 0.1) is 0 Å². The predicted molar refractivity (Wildman–Crippen MR) is 336 cm³/mol. The second kappa shape index (κ2) is 16.6. The van der Waals surface area contributed by atoms with Gasteiger partial charge in [0.05, 0.1) is 22.2 Å². The van der Waals surface area contributed by atoms with Crippen LogP contribution in [0.2, 0.25) is 0 Å². The van der Waals surface area contributed by atoms with Gasteiger partial charge in [-0.25, -0.2) is 0 Å². The molecule has 6 heteroatoms. The van der Waals surface area contributed by atoms with Gasteiger partial charge in [0, 0.05) is 76.8 Å². The zero-order chi connectivity index (χ0) is 53.1. The molecule has 0 amide bonds. The third kappa shape index (κ3) is 6.72. The number of rotatable bonds is 5. The molecular weight excluding hydrogens is 964 g/mol. The third-order valence-corrected chi connectivity index (χ3v) is 18.3. The first-order chi connectivity index (χ1) is 37.6. The molecule has 4 aromatic heterocycles. The molecule has 78 heavy (non-hydrogen) atoms. The fraction of sp³-hybridized carbons (Fsp3) is 0.167. The van der Waals surface area contributed by atoms with Crippen molar-refractivity contribution in [1.29, 1.82) is 0 Å². The summed E-state index contributed by atoms with van der Waals surface area (Å²) < 4.78 is 9.27. The van der Waals surface area contributed by atoms with Crippen molar-refractivity contribution in [3.8, 4) is 44.9 Å². The highest BCUT2D eigenvalue weighted by atomic mass is 32.1. The molecule has 0 aliphatic carbocycles. The van der Waals surface area contributed by atoms with E-state index in [4.69, 9.17) is 0 Å². The van der Waals surface area contributed by atoms with E-state index in [0.717, 1.165) is 11.4 Å². The maximum absolute atomic E-state index is 2.82. The van der Waals surface area contributed by atoms with Gasteiger partial charge in [0.2, 0.25) is 0 Å². The van der Waals surface area contributed by atoms with E-state index < -0.39 is 0 Å². The van der Waals surface area contributed by atoms with Crippen LogP contribution >= 0.6 is 11.3 Å². The zero-order valence-electron chi connectivity index (χ0n) is 45.9. The van der Waals surface area contributed by atoms with Gasteiger partial charge in [0.25, 0.3) is 0 Å². The summed E-state index contributed by atoms with van der Waals surface area (Å²) in [7, 11) is 0. The average molecular weight is 1030 g/mol. The lowest BCUT2D eigenvalue weighted by Crippen LogP contribution is -2.56. The molecule has 0 fully saturated rings. The third-order valence-electron chi connectivity index (χ3n) is 17.1. The Morgan fingerprint density at radius 2 is 0.974 bits per heavy atom. The van der Waals surface area contributed by atoms with Crippen molar-refractivity contribution in [2.45, 2.75) is 78.6 Å². The average Bonchev–Trinajstić information content (AvgIpc) is 2.99. The van der Waals surface area contributed by atoms with E-state index in [-0.39, 0.29) is 23.1 Å². The number of anilines is 3. The van der Waals surface area contributed by atoms with Crippen LogP contribution in [0.4, 0.5) is 17.1 Å². The summed E-state index contributed by atoms with van der Waals surface area (Å²) in [6.45, 7) is 20.9. The second-order valence-corrected chi connectivity index (χ2v) is 26.0. The molecule has 15 rings (SSSR count). The molecule has 0 bridgehead atoms. The molecule has 2 aliphatic heterocycles. The quantitative estimate of drug-likeness (QED) is 0.157. The molecule has 0 unspecified atom stereocenters. The van der Waals surface area contributed by atoms with Crippen LogP contribution in [0.1, 0.15) is 79.0 Å². The Labute approximate surface area is 461 Å². The standard InChI is InChI=1S/C72H61BN4S/c1-70(2,3)46-34-37-51(38-35-46)75-59-42-48(72(7,8)9)41-54-56-43-55-53-40-47(71(4,5)6)36-39-58(53)74(49-28-18-12-19-29-49)65(55)62-60(44-24-14-10-15-25-44)64(45-26-16-11-17-27-45)77(66(56)62)73(63(54)59)68-67(75)61-52-32-22-23-33-57(52)76(69(61)78-68)50-30-20-13-21-31-50/h10-43H,1-9H3. The van der Waals surface area contributed by atoms with Crippen LogP contribution in [-0.2, 0) is 16.2 Å². The van der Waals surface area contributed by atoms with Crippen LogP contribution in [0.25, 0.3) is 98.7 Å². The first kappa shape index (κ1) is 46.9. The van der Waals surface area contributed by atoms with Crippen molar-refractivity contribution >= 4 is 99.3 Å². The zero-order valence-corrected chi connectivity index (χ0v) is 46.7. The van der Waals surface area contributed by atoms with Crippen molar-refractivity contribution in [2.24, 2.45) is 0 Å². The van der Waals surface area contributed by atoms with Crippen LogP contribution in [0.3, 0.4) is 0 Å². The molecule has 0 N–H and O–H groups in total. The number of benzene rings is 9. The van der Waals surface area contributed by atoms with E-state index in [1.54, 1.807) is 0 Å². The molecule has 0 saturated carbocycles. The minimum Gasteiger partial charge on any atom is -0.374 e. The van der Waals surface area contributed by atoms with E-state index in [1.165, 1.54) is 131 Å². The number of nitrogens with zero attached hydrogens (tertiary/aromatic N) is 4. The van der Waals surface area contributed by atoms with Gasteiger partial charge in [-0.3, -0.25) is 0 Å². The number of hydrogen-bond acceptors (Lipinski definition) is 2. The number of fused-ring (bicyclic) bond motifs is 12. The largest absolute Gasteiger partial charge is 0.374 e. The normalized spacial score (nSPS) is 13.4. The first-order valence-electron chi connectivity index (χ1n) is 27.7. The van der Waals surface area contributed by atoms with Crippen LogP contribution in [0.15, 0.2) is 206 Å². The summed E-state index contributed by atoms with van der Waals surface area (Å²) in [4.78, 5) is 3.93. The minimum atomic E-state index is -0.188. The number of hydrogen-bond donors (Lipinski definition) is 0. The predicted octanol–water partition coefficient (Wildman–Crippen LogP) is 18.5. The number of thiophene rings is 1. The highest BCUT2D eigenvalue weighted by molar-refractivity contribution is 7.32. The Balaban J connectivity index is 1.21. The van der Waals surface area contributed by atoms with Gasteiger partial charge in [-0.15, -0.1) is 11.3 Å². The van der Waals surface area contributed by atoms with Crippen molar-refractivity contribution in [3.63, 3.8) is 0 Å². The van der Waals surface area contributed by atoms with Gasteiger partial charge >= 0.3 is 6.85 Å². The summed E-state index contributed by atoms with van der Waals surface area (Å²) in [5.41, 5.74) is 23.5. The van der Waals surface area contributed by atoms with Crippen LogP contribution in [-0.4, -0.2) is 20.5 Å². The first-order valence-corrected chi connectivity index (χ1v) is 28.5. The SMILES string of the molecule is CC(C)(C)c1ccc(N2c3cc(C(C)(C)C)cc4c3B(c3sc5c(c32)c2ccccc2n5-c2ccccc2)n2c(-c3ccccc3)c(-c3ccccc3)c3c2c-4cc2c4cc(C(C)(C)C)ccc4n(-c4ccccc4)c23)cc1. The molecule has 6 heterocycles. The fourth-order valence-corrected chi connectivity index (χ4v) is 14.7. The molecule has 2 aliphatic rings. The summed E-state index contributed by atoms with van der Waals surface area (Å²) >= 11 is 1.98. The van der Waals surface area contributed by atoms with E-state index in [2.05, 4.69) is 287 Å². The van der Waals surface area contributed by atoms with Gasteiger partial charge < -0.3 is 18.5 Å². The molecule has 0 radical (unpaired) electrons. The van der Waals surface area contributed by atoms with E-state index in [9.17, 15) is 0 Å². The van der Waals surface area contributed by atoms with Crippen molar-refractivity contribution in [1.82, 2.24) is 13.6 Å². The Bertz CT molecular complexity index is 4570. The van der Waals surface area contributed by atoms with Crippen molar-refractivity contribution in [2.75, 3.05) is 4.90 Å². The molecule has 0 atom stereocenters. The Morgan fingerprint density at radius 3 is 1.62 bits per heavy atom. The lowest BCUT2D eigenvalue weighted by molar-refractivity contribution is 0.590. The maximum Gasteiger partial charge on any atom is 0.343 e. The molecule has 9 aromatic carbocycles. The minimum absolute atomic E-state index is 0.00281. The lowest BCUT2D eigenvalue weighted by Gasteiger charge is -2.40. The second-order valence-electron chi connectivity index (χ2n) is 24.9. The fourth-order valence-electron chi connectivity index (χ4n) is 13.2. The topological polar surface area (TPSA) is 18.0 Å². The van der Waals surface area contributed by atoms with Crippen LogP contribution < -0.4 is 15.1 Å². The van der Waals surface area contributed by atoms with Crippen molar-refractivity contribution < 1.29 is 0 Å². The Hall–Kier alpha value is -8.32. The highest BCUT2D eigenvalue weighted by Crippen LogP contribution is 2.56. The maximum atomic E-state index is 2.82. The molecule has 0 spiro atoms. The molecule has 4 nitrogen and oxygen atoms in total. The summed E-state index contributed by atoms with van der Waals surface area (Å²) in [6.07, 6.45) is 0. The number of aromatic nitrogens is 3. The summed E-state index contributed by atoms with van der Waals surface area (Å²) in [5.74, 6) is 0. The van der Waals surface area contributed by atoms with Gasteiger partial charge in [-0.05, 0) is 122 Å². The summed E-state index contributed by atoms with van der Waals surface area (Å²) in [6, 6.07) is 78.3. The molecule has 378 valence electrons. The smallest absolute Gasteiger partial charge is 0.343 e. The number of para-hydroxylation sites is 3. The molecular formula is C72H61BN4S. The summed E-state index contributed by atoms with van der Waals surface area (Å²) in [5, 5.41) is 6.36. The van der Waals surface area contributed by atoms with E-state index in [1.807, 2.05) is 11.3 Å². The monoisotopic (exact) mass is 1020 g/mol. The molecule has 13 aromatic rings. The van der Waals surface area contributed by atoms with Gasteiger partial charge in [0.15, 0.2) is 0 Å².